The highest BCUT2D eigenvalue weighted by molar-refractivity contribution is 5.88. The van der Waals surface area contributed by atoms with Gasteiger partial charge < -0.3 is 5.11 Å². The third-order valence-corrected chi connectivity index (χ3v) is 2.66. The van der Waals surface area contributed by atoms with Gasteiger partial charge in [0.05, 0.1) is 11.3 Å². The van der Waals surface area contributed by atoms with Crippen LogP contribution < -0.4 is 5.43 Å². The van der Waals surface area contributed by atoms with E-state index in [1.165, 1.54) is 12.8 Å². The Morgan fingerprint density at radius 1 is 1.38 bits per heavy atom. The second-order valence-corrected chi connectivity index (χ2v) is 4.02. The zero-order valence-corrected chi connectivity index (χ0v) is 9.10. The molecule has 0 unspecified atom stereocenters. The molecule has 0 amide bonds. The first-order valence-electron chi connectivity index (χ1n) is 5.30. The molecule has 2 N–H and O–H groups in total. The molecule has 0 atom stereocenters. The molecule has 1 fully saturated rings. The highest BCUT2D eigenvalue weighted by Gasteiger charge is 2.24. The Hall–Kier alpha value is -1.84. The van der Waals surface area contributed by atoms with Crippen LogP contribution in [0.1, 0.15) is 30.1 Å². The Kier molecular flexibility index (Phi) is 2.90. The van der Waals surface area contributed by atoms with E-state index in [4.69, 9.17) is 5.11 Å². The first kappa shape index (κ1) is 10.7. The van der Waals surface area contributed by atoms with Crippen LogP contribution in [0, 0.1) is 5.92 Å². The van der Waals surface area contributed by atoms with Crippen molar-refractivity contribution >= 4 is 17.4 Å². The van der Waals surface area contributed by atoms with Gasteiger partial charge in [0, 0.05) is 5.71 Å². The van der Waals surface area contributed by atoms with Crippen molar-refractivity contribution in [3.05, 3.63) is 29.8 Å². The number of anilines is 1. The lowest BCUT2D eigenvalue weighted by atomic mass is 10.2. The summed E-state index contributed by atoms with van der Waals surface area (Å²) in [6.07, 6.45) is 2.46. The molecule has 84 valence electrons. The van der Waals surface area contributed by atoms with Gasteiger partial charge in [0.25, 0.3) is 0 Å². The Morgan fingerprint density at radius 3 is 2.50 bits per heavy atom. The molecule has 1 aromatic carbocycles. The minimum Gasteiger partial charge on any atom is -0.478 e. The monoisotopic (exact) mass is 218 g/mol. The summed E-state index contributed by atoms with van der Waals surface area (Å²) < 4.78 is 0. The summed E-state index contributed by atoms with van der Waals surface area (Å²) in [5.74, 6) is -0.269. The van der Waals surface area contributed by atoms with Gasteiger partial charge in [0.1, 0.15) is 0 Å². The highest BCUT2D eigenvalue weighted by Crippen LogP contribution is 2.30. The Labute approximate surface area is 94.0 Å². The molecule has 1 saturated carbocycles. The molecule has 0 heterocycles. The second kappa shape index (κ2) is 4.35. The van der Waals surface area contributed by atoms with Gasteiger partial charge in [-0.3, -0.25) is 5.43 Å². The third-order valence-electron chi connectivity index (χ3n) is 2.66. The number of nitrogens with one attached hydrogen (secondary N) is 1. The summed E-state index contributed by atoms with van der Waals surface area (Å²) in [6.45, 7) is 2.01. The van der Waals surface area contributed by atoms with Crippen LogP contribution in [-0.4, -0.2) is 16.8 Å². The van der Waals surface area contributed by atoms with E-state index < -0.39 is 5.97 Å². The van der Waals surface area contributed by atoms with Crippen molar-refractivity contribution in [1.29, 1.82) is 0 Å². The van der Waals surface area contributed by atoms with Gasteiger partial charge in [-0.1, -0.05) is 0 Å². The summed E-state index contributed by atoms with van der Waals surface area (Å²) in [6, 6.07) is 6.56. The third kappa shape index (κ3) is 2.59. The maximum Gasteiger partial charge on any atom is 0.335 e. The van der Waals surface area contributed by atoms with Crippen LogP contribution in [0.3, 0.4) is 0 Å². The average Bonchev–Trinajstić information content (AvgIpc) is 3.10. The van der Waals surface area contributed by atoms with Gasteiger partial charge in [-0.05, 0) is 49.9 Å². The van der Waals surface area contributed by atoms with Gasteiger partial charge in [0.15, 0.2) is 0 Å². The molecule has 16 heavy (non-hydrogen) atoms. The number of benzene rings is 1. The maximum atomic E-state index is 10.6. The van der Waals surface area contributed by atoms with E-state index in [0.717, 1.165) is 11.4 Å². The standard InChI is InChI=1S/C12H14N2O2/c1-8(9-2-3-9)13-14-11-6-4-10(5-7-11)12(15)16/h4-7,9,14H,2-3H2,1H3,(H,15,16)/b13-8-. The van der Waals surface area contributed by atoms with E-state index in [2.05, 4.69) is 10.5 Å². The van der Waals surface area contributed by atoms with Gasteiger partial charge in [0.2, 0.25) is 0 Å². The molecule has 2 rings (SSSR count). The van der Waals surface area contributed by atoms with E-state index >= 15 is 0 Å². The molecule has 4 heteroatoms. The number of carboxylic acids is 1. The smallest absolute Gasteiger partial charge is 0.335 e. The van der Waals surface area contributed by atoms with Crippen molar-refractivity contribution in [2.24, 2.45) is 11.0 Å². The fourth-order valence-electron chi connectivity index (χ4n) is 1.43. The van der Waals surface area contributed by atoms with Crippen molar-refractivity contribution in [1.82, 2.24) is 0 Å². The Balaban J connectivity index is 1.99. The second-order valence-electron chi connectivity index (χ2n) is 4.02. The maximum absolute atomic E-state index is 10.6. The van der Waals surface area contributed by atoms with Gasteiger partial charge in [-0.15, -0.1) is 0 Å². The predicted octanol–water partition coefficient (Wildman–Crippen LogP) is 2.58. The molecule has 1 aliphatic carbocycles. The number of rotatable bonds is 4. The summed E-state index contributed by atoms with van der Waals surface area (Å²) in [5, 5.41) is 13.0. The topological polar surface area (TPSA) is 61.7 Å². The first-order valence-corrected chi connectivity index (χ1v) is 5.30. The van der Waals surface area contributed by atoms with Crippen molar-refractivity contribution in [3.63, 3.8) is 0 Å². The van der Waals surface area contributed by atoms with Gasteiger partial charge >= 0.3 is 5.97 Å². The first-order chi connectivity index (χ1) is 7.66. The fraction of sp³-hybridized carbons (Fsp3) is 0.333. The van der Waals surface area contributed by atoms with E-state index in [9.17, 15) is 4.79 Å². The number of aromatic carboxylic acids is 1. The average molecular weight is 218 g/mol. The van der Waals surface area contributed by atoms with E-state index in [1.807, 2.05) is 6.92 Å². The largest absolute Gasteiger partial charge is 0.478 e. The van der Waals surface area contributed by atoms with Crippen LogP contribution >= 0.6 is 0 Å². The van der Waals surface area contributed by atoms with Crippen LogP contribution in [0.4, 0.5) is 5.69 Å². The zero-order chi connectivity index (χ0) is 11.5. The molecular formula is C12H14N2O2. The fourth-order valence-corrected chi connectivity index (χ4v) is 1.43. The molecule has 0 aliphatic heterocycles. The normalized spacial score (nSPS) is 15.9. The molecule has 1 aliphatic rings. The molecule has 0 bridgehead atoms. The molecule has 0 saturated heterocycles. The van der Waals surface area contributed by atoms with E-state index in [-0.39, 0.29) is 5.56 Å². The predicted molar refractivity (Wildman–Crippen MR) is 62.9 cm³/mol. The number of hydrogen-bond donors (Lipinski definition) is 2. The molecule has 0 aromatic heterocycles. The summed E-state index contributed by atoms with van der Waals surface area (Å²) in [7, 11) is 0. The van der Waals surface area contributed by atoms with Gasteiger partial charge in [-0.25, -0.2) is 4.79 Å². The summed E-state index contributed by atoms with van der Waals surface area (Å²) in [4.78, 5) is 10.6. The number of hydrogen-bond acceptors (Lipinski definition) is 3. The van der Waals surface area contributed by atoms with Crippen molar-refractivity contribution in [2.75, 3.05) is 5.43 Å². The molecule has 4 nitrogen and oxygen atoms in total. The van der Waals surface area contributed by atoms with Crippen LogP contribution in [0.5, 0.6) is 0 Å². The number of hydrazone groups is 1. The molecule has 1 aromatic rings. The summed E-state index contributed by atoms with van der Waals surface area (Å²) in [5.41, 5.74) is 5.14. The SMILES string of the molecule is C/C(=N/Nc1ccc(C(=O)O)cc1)C1CC1. The molecular weight excluding hydrogens is 204 g/mol. The van der Waals surface area contributed by atoms with Gasteiger partial charge in [-0.2, -0.15) is 5.10 Å². The van der Waals surface area contributed by atoms with Crippen molar-refractivity contribution in [2.45, 2.75) is 19.8 Å². The van der Waals surface area contributed by atoms with Crippen LogP contribution in [0.25, 0.3) is 0 Å². The highest BCUT2D eigenvalue weighted by atomic mass is 16.4. The van der Waals surface area contributed by atoms with Crippen LogP contribution in [-0.2, 0) is 0 Å². The summed E-state index contributed by atoms with van der Waals surface area (Å²) >= 11 is 0. The van der Waals surface area contributed by atoms with Crippen LogP contribution in [0.15, 0.2) is 29.4 Å². The van der Waals surface area contributed by atoms with Crippen molar-refractivity contribution < 1.29 is 9.90 Å². The zero-order valence-electron chi connectivity index (χ0n) is 9.10. The lowest BCUT2D eigenvalue weighted by molar-refractivity contribution is 0.0697. The molecule has 0 radical (unpaired) electrons. The number of carboxylic acid groups (broad SMARTS) is 1. The minimum atomic E-state index is -0.913. The van der Waals surface area contributed by atoms with E-state index in [1.54, 1.807) is 24.3 Å². The lowest BCUT2D eigenvalue weighted by Crippen LogP contribution is -2.00. The Bertz CT molecular complexity index is 419. The van der Waals surface area contributed by atoms with Crippen molar-refractivity contribution in [3.8, 4) is 0 Å². The van der Waals surface area contributed by atoms with E-state index in [0.29, 0.717) is 5.92 Å². The minimum absolute atomic E-state index is 0.286. The molecule has 0 spiro atoms. The lowest BCUT2D eigenvalue weighted by Gasteiger charge is -2.02. The number of nitrogens with zero attached hydrogens (tertiary/aromatic N) is 1. The number of carbonyl (C=O) groups is 1. The van der Waals surface area contributed by atoms with Crippen LogP contribution in [0.2, 0.25) is 0 Å². The Morgan fingerprint density at radius 2 is 2.00 bits per heavy atom. The quantitative estimate of drug-likeness (QED) is 0.603.